The first-order valence-corrected chi connectivity index (χ1v) is 7.68. The van der Waals surface area contributed by atoms with Gasteiger partial charge in [-0.3, -0.25) is 4.79 Å². The Hall–Kier alpha value is -1.56. The van der Waals surface area contributed by atoms with Gasteiger partial charge in [0.15, 0.2) is 6.10 Å². The van der Waals surface area contributed by atoms with Crippen LogP contribution >= 0.6 is 15.9 Å². The minimum Gasteiger partial charge on any atom is -0.480 e. The molecule has 0 aliphatic carbocycles. The smallest absolute Gasteiger partial charge is 0.339 e. The van der Waals surface area contributed by atoms with Crippen LogP contribution < -0.4 is 10.1 Å². The summed E-state index contributed by atoms with van der Waals surface area (Å²) in [5.41, 5.74) is 0.0281. The van der Waals surface area contributed by atoms with Crippen molar-refractivity contribution in [3.05, 3.63) is 28.2 Å². The van der Waals surface area contributed by atoms with E-state index in [9.17, 15) is 9.59 Å². The van der Waals surface area contributed by atoms with Crippen LogP contribution in [0.3, 0.4) is 0 Å². The lowest BCUT2D eigenvalue weighted by Gasteiger charge is -2.20. The third kappa shape index (κ3) is 5.04. The maximum Gasteiger partial charge on any atom is 0.339 e. The molecule has 116 valence electrons. The number of amides is 1. The number of carboxylic acid groups (broad SMARTS) is 1. The molecule has 0 spiro atoms. The SMILES string of the molecule is CCC(CC)NC(=O)C(C)Oc1cc(Br)ccc1C(=O)O. The number of carbonyl (C=O) groups excluding carboxylic acids is 1. The molecule has 0 saturated heterocycles. The molecule has 1 amide bonds. The molecular weight excluding hydrogens is 338 g/mol. The number of hydrogen-bond acceptors (Lipinski definition) is 3. The van der Waals surface area contributed by atoms with E-state index in [1.54, 1.807) is 19.1 Å². The standard InChI is InChI=1S/C15H20BrNO4/c1-4-11(5-2)17-14(18)9(3)21-13-8-10(16)6-7-12(13)15(19)20/h6-9,11H,4-5H2,1-3H3,(H,17,18)(H,19,20). The van der Waals surface area contributed by atoms with Gasteiger partial charge in [0.05, 0.1) is 0 Å². The summed E-state index contributed by atoms with van der Waals surface area (Å²) < 4.78 is 6.21. The Morgan fingerprint density at radius 1 is 1.33 bits per heavy atom. The maximum absolute atomic E-state index is 12.0. The Labute approximate surface area is 132 Å². The van der Waals surface area contributed by atoms with Gasteiger partial charge in [-0.05, 0) is 38.0 Å². The zero-order chi connectivity index (χ0) is 16.0. The number of nitrogens with one attached hydrogen (secondary N) is 1. The highest BCUT2D eigenvalue weighted by Crippen LogP contribution is 2.25. The van der Waals surface area contributed by atoms with Crippen LogP contribution in [-0.4, -0.2) is 29.1 Å². The molecule has 1 atom stereocenters. The fourth-order valence-electron chi connectivity index (χ4n) is 1.83. The van der Waals surface area contributed by atoms with Crippen LogP contribution in [0, 0.1) is 0 Å². The highest BCUT2D eigenvalue weighted by atomic mass is 79.9. The average molecular weight is 358 g/mol. The Kier molecular flexibility index (Phi) is 6.68. The quantitative estimate of drug-likeness (QED) is 0.785. The summed E-state index contributed by atoms with van der Waals surface area (Å²) in [7, 11) is 0. The largest absolute Gasteiger partial charge is 0.480 e. The third-order valence-electron chi connectivity index (χ3n) is 3.18. The van der Waals surface area contributed by atoms with Crippen molar-refractivity contribution in [1.29, 1.82) is 0 Å². The molecule has 0 aliphatic rings. The Balaban J connectivity index is 2.83. The van der Waals surface area contributed by atoms with Gasteiger partial charge < -0.3 is 15.2 Å². The molecular formula is C15H20BrNO4. The van der Waals surface area contributed by atoms with Crippen LogP contribution in [0.5, 0.6) is 5.75 Å². The molecule has 0 bridgehead atoms. The zero-order valence-electron chi connectivity index (χ0n) is 12.4. The molecule has 0 fully saturated rings. The van der Waals surface area contributed by atoms with Gasteiger partial charge in [0.1, 0.15) is 11.3 Å². The van der Waals surface area contributed by atoms with Crippen molar-refractivity contribution >= 4 is 27.8 Å². The predicted molar refractivity (Wildman–Crippen MR) is 83.7 cm³/mol. The Morgan fingerprint density at radius 2 is 1.95 bits per heavy atom. The molecule has 0 radical (unpaired) electrons. The van der Waals surface area contributed by atoms with Gasteiger partial charge in [0.2, 0.25) is 0 Å². The van der Waals surface area contributed by atoms with Crippen molar-refractivity contribution in [1.82, 2.24) is 5.32 Å². The van der Waals surface area contributed by atoms with Gasteiger partial charge in [-0.15, -0.1) is 0 Å². The van der Waals surface area contributed by atoms with Crippen LogP contribution in [0.4, 0.5) is 0 Å². The Morgan fingerprint density at radius 3 is 2.48 bits per heavy atom. The number of hydrogen-bond donors (Lipinski definition) is 2. The lowest BCUT2D eigenvalue weighted by atomic mass is 10.1. The van der Waals surface area contributed by atoms with E-state index in [0.717, 1.165) is 12.8 Å². The van der Waals surface area contributed by atoms with E-state index in [0.29, 0.717) is 4.47 Å². The van der Waals surface area contributed by atoms with Crippen LogP contribution in [0.2, 0.25) is 0 Å². The maximum atomic E-state index is 12.0. The average Bonchev–Trinajstić information content (AvgIpc) is 2.44. The molecule has 21 heavy (non-hydrogen) atoms. The second-order valence-electron chi connectivity index (χ2n) is 4.73. The first kappa shape index (κ1) is 17.5. The fraction of sp³-hybridized carbons (Fsp3) is 0.467. The normalized spacial score (nSPS) is 12.0. The third-order valence-corrected chi connectivity index (χ3v) is 3.67. The van der Waals surface area contributed by atoms with Crippen LogP contribution in [-0.2, 0) is 4.79 Å². The summed E-state index contributed by atoms with van der Waals surface area (Å²) in [6, 6.07) is 4.70. The zero-order valence-corrected chi connectivity index (χ0v) is 13.9. The second-order valence-corrected chi connectivity index (χ2v) is 5.64. The number of benzene rings is 1. The minimum absolute atomic E-state index is 0.0281. The molecule has 0 aromatic heterocycles. The predicted octanol–water partition coefficient (Wildman–Crippen LogP) is 3.22. The minimum atomic E-state index is -1.09. The van der Waals surface area contributed by atoms with E-state index in [1.165, 1.54) is 6.07 Å². The van der Waals surface area contributed by atoms with Crippen LogP contribution in [0.15, 0.2) is 22.7 Å². The van der Waals surface area contributed by atoms with Gasteiger partial charge in [0.25, 0.3) is 5.91 Å². The molecule has 1 rings (SSSR count). The highest BCUT2D eigenvalue weighted by molar-refractivity contribution is 9.10. The molecule has 6 heteroatoms. The molecule has 0 saturated carbocycles. The molecule has 5 nitrogen and oxygen atoms in total. The van der Waals surface area contributed by atoms with Crippen molar-refractivity contribution in [2.75, 3.05) is 0 Å². The van der Waals surface area contributed by atoms with Crippen molar-refractivity contribution in [3.63, 3.8) is 0 Å². The first-order valence-electron chi connectivity index (χ1n) is 6.88. The van der Waals surface area contributed by atoms with E-state index >= 15 is 0 Å². The fourth-order valence-corrected chi connectivity index (χ4v) is 2.17. The summed E-state index contributed by atoms with van der Waals surface area (Å²) in [6.45, 7) is 5.60. The van der Waals surface area contributed by atoms with Crippen LogP contribution in [0.25, 0.3) is 0 Å². The van der Waals surface area contributed by atoms with Gasteiger partial charge >= 0.3 is 5.97 Å². The molecule has 0 aliphatic heterocycles. The number of rotatable bonds is 7. The summed E-state index contributed by atoms with van der Waals surface area (Å²) in [5.74, 6) is -1.17. The first-order chi connectivity index (χ1) is 9.88. The van der Waals surface area contributed by atoms with Crippen molar-refractivity contribution in [3.8, 4) is 5.75 Å². The van der Waals surface area contributed by atoms with Crippen LogP contribution in [0.1, 0.15) is 44.0 Å². The summed E-state index contributed by atoms with van der Waals surface area (Å²) >= 11 is 3.26. The lowest BCUT2D eigenvalue weighted by molar-refractivity contribution is -0.128. The molecule has 1 aromatic carbocycles. The number of carbonyl (C=O) groups is 2. The van der Waals surface area contributed by atoms with Gasteiger partial charge in [-0.25, -0.2) is 4.79 Å². The van der Waals surface area contributed by atoms with Crippen molar-refractivity contribution in [2.45, 2.75) is 45.8 Å². The molecule has 1 unspecified atom stereocenters. The summed E-state index contributed by atoms with van der Waals surface area (Å²) in [6.07, 6.45) is 0.913. The Bertz CT molecular complexity index is 514. The van der Waals surface area contributed by atoms with E-state index in [4.69, 9.17) is 9.84 Å². The van der Waals surface area contributed by atoms with E-state index in [-0.39, 0.29) is 23.3 Å². The lowest BCUT2D eigenvalue weighted by Crippen LogP contribution is -2.42. The number of carboxylic acids is 1. The van der Waals surface area contributed by atoms with Crippen molar-refractivity contribution < 1.29 is 19.4 Å². The van der Waals surface area contributed by atoms with E-state index in [1.807, 2.05) is 13.8 Å². The topological polar surface area (TPSA) is 75.6 Å². The number of halogens is 1. The van der Waals surface area contributed by atoms with Crippen molar-refractivity contribution in [2.24, 2.45) is 0 Å². The van der Waals surface area contributed by atoms with Gasteiger partial charge in [-0.2, -0.15) is 0 Å². The molecule has 2 N–H and O–H groups in total. The van der Waals surface area contributed by atoms with E-state index < -0.39 is 12.1 Å². The number of aromatic carboxylic acids is 1. The van der Waals surface area contributed by atoms with Gasteiger partial charge in [0, 0.05) is 10.5 Å². The van der Waals surface area contributed by atoms with E-state index in [2.05, 4.69) is 21.2 Å². The second kappa shape index (κ2) is 8.02. The number of ether oxygens (including phenoxy) is 1. The monoisotopic (exact) mass is 357 g/mol. The molecule has 1 aromatic rings. The summed E-state index contributed by atoms with van der Waals surface area (Å²) in [4.78, 5) is 23.2. The highest BCUT2D eigenvalue weighted by Gasteiger charge is 2.20. The van der Waals surface area contributed by atoms with Gasteiger partial charge in [-0.1, -0.05) is 29.8 Å². The molecule has 0 heterocycles. The summed E-state index contributed by atoms with van der Waals surface area (Å²) in [5, 5.41) is 12.0.